The number of rotatable bonds is 7. The number of ether oxygens (including phenoxy) is 1. The molecule has 11 heteroatoms. The first kappa shape index (κ1) is 24.3. The van der Waals surface area contributed by atoms with E-state index in [1.54, 1.807) is 43.7 Å². The van der Waals surface area contributed by atoms with Crippen molar-refractivity contribution >= 4 is 17.8 Å². The lowest BCUT2D eigenvalue weighted by atomic mass is 9.83. The topological polar surface area (TPSA) is 135 Å². The molecular weight excluding hydrogens is 450 g/mol. The number of nitrogens with zero attached hydrogens (tertiary/aromatic N) is 5. The minimum absolute atomic E-state index is 0.0274. The van der Waals surface area contributed by atoms with E-state index in [9.17, 15) is 9.59 Å². The Hall–Kier alpha value is -3.86. The van der Waals surface area contributed by atoms with Crippen molar-refractivity contribution in [3.8, 4) is 22.9 Å². The van der Waals surface area contributed by atoms with Gasteiger partial charge < -0.3 is 19.4 Å². The van der Waals surface area contributed by atoms with Gasteiger partial charge in [0.2, 0.25) is 11.8 Å². The predicted octanol–water partition coefficient (Wildman–Crippen LogP) is 2.93. The summed E-state index contributed by atoms with van der Waals surface area (Å²) in [7, 11) is 1.98. The second kappa shape index (κ2) is 11.0. The number of aromatic nitrogens is 4. The Morgan fingerprint density at radius 2 is 1.94 bits per heavy atom. The van der Waals surface area contributed by atoms with Crippen molar-refractivity contribution in [2.75, 3.05) is 38.6 Å². The number of carbonyl (C=O) groups excluding carboxylic acids is 2. The van der Waals surface area contributed by atoms with E-state index in [1.807, 2.05) is 14.0 Å². The van der Waals surface area contributed by atoms with Gasteiger partial charge in [-0.3, -0.25) is 15.1 Å². The number of likely N-dealkylation sites (tertiary alicyclic amines) is 1. The molecule has 11 nitrogen and oxygen atoms in total. The van der Waals surface area contributed by atoms with Crippen molar-refractivity contribution in [3.63, 3.8) is 0 Å². The molecule has 35 heavy (non-hydrogen) atoms. The van der Waals surface area contributed by atoms with Crippen LogP contribution in [0.15, 0.2) is 41.2 Å². The standard InChI is InChI=1S/C24H29N7O4/c1-4-26-24(33)28-20-11-18(22-30-29-21(35-22)15-6-8-25-9-7-15)19(12-27-20)16-10-17(14-31(3)13-16)23(32)34-5-2/h6-9,11-12,16-17H,4-5,10,13-14H2,1-3H3,(H2,26,27,28,33). The largest absolute Gasteiger partial charge is 0.466 e. The van der Waals surface area contributed by atoms with Crippen molar-refractivity contribution in [2.24, 2.45) is 5.92 Å². The van der Waals surface area contributed by atoms with E-state index in [2.05, 4.69) is 35.7 Å². The molecule has 2 amide bonds. The maximum atomic E-state index is 12.5. The lowest BCUT2D eigenvalue weighted by Crippen LogP contribution is -2.40. The minimum Gasteiger partial charge on any atom is -0.466 e. The Balaban J connectivity index is 1.71. The van der Waals surface area contributed by atoms with Crippen LogP contribution >= 0.6 is 0 Å². The first-order valence-corrected chi connectivity index (χ1v) is 11.6. The number of piperidine rings is 1. The number of anilines is 1. The summed E-state index contributed by atoms with van der Waals surface area (Å²) >= 11 is 0. The fourth-order valence-electron chi connectivity index (χ4n) is 4.28. The number of pyridine rings is 2. The van der Waals surface area contributed by atoms with Gasteiger partial charge in [0.25, 0.3) is 0 Å². The lowest BCUT2D eigenvalue weighted by molar-refractivity contribution is -0.150. The van der Waals surface area contributed by atoms with Gasteiger partial charge in [-0.2, -0.15) is 0 Å². The van der Waals surface area contributed by atoms with Gasteiger partial charge in [-0.1, -0.05) is 0 Å². The summed E-state index contributed by atoms with van der Waals surface area (Å²) in [6.45, 7) is 5.82. The zero-order chi connectivity index (χ0) is 24.8. The quantitative estimate of drug-likeness (QED) is 0.490. The number of esters is 1. The molecule has 2 N–H and O–H groups in total. The Morgan fingerprint density at radius 1 is 1.17 bits per heavy atom. The highest BCUT2D eigenvalue weighted by Gasteiger charge is 2.34. The Labute approximate surface area is 203 Å². The first-order valence-electron chi connectivity index (χ1n) is 11.6. The number of hydrogen-bond donors (Lipinski definition) is 2. The zero-order valence-electron chi connectivity index (χ0n) is 20.0. The van der Waals surface area contributed by atoms with E-state index in [1.165, 1.54) is 0 Å². The van der Waals surface area contributed by atoms with E-state index in [0.717, 1.165) is 17.7 Å². The summed E-state index contributed by atoms with van der Waals surface area (Å²) < 4.78 is 11.3. The van der Waals surface area contributed by atoms with Crippen LogP contribution in [0.4, 0.5) is 10.6 Å². The number of amides is 2. The SMILES string of the molecule is CCNC(=O)Nc1cc(-c2nnc(-c3ccncc3)o2)c(C2CC(C(=O)OCC)CN(C)C2)cn1. The molecule has 1 fully saturated rings. The van der Waals surface area contributed by atoms with Crippen LogP contribution < -0.4 is 10.6 Å². The van der Waals surface area contributed by atoms with Crippen molar-refractivity contribution in [1.29, 1.82) is 0 Å². The third-order valence-corrected chi connectivity index (χ3v) is 5.79. The fourth-order valence-corrected chi connectivity index (χ4v) is 4.28. The van der Waals surface area contributed by atoms with Gasteiger partial charge in [0.1, 0.15) is 5.82 Å². The molecule has 4 rings (SSSR count). The summed E-state index contributed by atoms with van der Waals surface area (Å²) in [4.78, 5) is 35.2. The van der Waals surface area contributed by atoms with Gasteiger partial charge in [-0.05, 0) is 57.0 Å². The number of hydrogen-bond acceptors (Lipinski definition) is 9. The normalized spacial score (nSPS) is 18.1. The van der Waals surface area contributed by atoms with Crippen LogP contribution in [0.3, 0.4) is 0 Å². The molecule has 1 aliphatic heterocycles. The average molecular weight is 480 g/mol. The van der Waals surface area contributed by atoms with Gasteiger partial charge in [0.15, 0.2) is 0 Å². The molecule has 1 aliphatic rings. The molecule has 0 spiro atoms. The van der Waals surface area contributed by atoms with E-state index >= 15 is 0 Å². The Morgan fingerprint density at radius 3 is 2.69 bits per heavy atom. The number of likely N-dealkylation sites (N-methyl/N-ethyl adjacent to an activating group) is 1. The highest BCUT2D eigenvalue weighted by atomic mass is 16.5. The molecule has 0 radical (unpaired) electrons. The molecule has 0 saturated carbocycles. The molecule has 2 atom stereocenters. The van der Waals surface area contributed by atoms with E-state index < -0.39 is 0 Å². The van der Waals surface area contributed by atoms with Crippen molar-refractivity contribution < 1.29 is 18.7 Å². The van der Waals surface area contributed by atoms with Gasteiger partial charge in [0, 0.05) is 49.4 Å². The summed E-state index contributed by atoms with van der Waals surface area (Å²) in [6.07, 6.45) is 5.61. The molecule has 1 saturated heterocycles. The van der Waals surface area contributed by atoms with Crippen LogP contribution in [0.25, 0.3) is 22.9 Å². The van der Waals surface area contributed by atoms with Gasteiger partial charge in [-0.15, -0.1) is 10.2 Å². The van der Waals surface area contributed by atoms with Crippen molar-refractivity contribution in [3.05, 3.63) is 42.4 Å². The second-order valence-corrected chi connectivity index (χ2v) is 8.39. The first-order chi connectivity index (χ1) is 17.0. The van der Waals surface area contributed by atoms with Gasteiger partial charge in [0.05, 0.1) is 12.5 Å². The van der Waals surface area contributed by atoms with Crippen molar-refractivity contribution in [2.45, 2.75) is 26.2 Å². The molecular formula is C24H29N7O4. The molecule has 2 unspecified atom stereocenters. The van der Waals surface area contributed by atoms with Crippen molar-refractivity contribution in [1.82, 2.24) is 30.4 Å². The van der Waals surface area contributed by atoms with Crippen LogP contribution in [0.2, 0.25) is 0 Å². The number of nitrogens with one attached hydrogen (secondary N) is 2. The molecule has 184 valence electrons. The Bertz CT molecular complexity index is 1170. The average Bonchev–Trinajstić information content (AvgIpc) is 3.35. The summed E-state index contributed by atoms with van der Waals surface area (Å²) in [5.41, 5.74) is 2.26. The monoisotopic (exact) mass is 479 g/mol. The number of carbonyl (C=O) groups is 2. The maximum absolute atomic E-state index is 12.5. The van der Waals surface area contributed by atoms with E-state index in [4.69, 9.17) is 9.15 Å². The maximum Gasteiger partial charge on any atom is 0.320 e. The molecule has 0 bridgehead atoms. The fraction of sp³-hybridized carbons (Fsp3) is 0.417. The van der Waals surface area contributed by atoms with Crippen LogP contribution in [-0.2, 0) is 9.53 Å². The zero-order valence-corrected chi connectivity index (χ0v) is 20.0. The molecule has 3 aromatic heterocycles. The van der Waals surface area contributed by atoms with Gasteiger partial charge >= 0.3 is 12.0 Å². The highest BCUT2D eigenvalue weighted by molar-refractivity contribution is 5.89. The predicted molar refractivity (Wildman–Crippen MR) is 128 cm³/mol. The molecule has 3 aromatic rings. The summed E-state index contributed by atoms with van der Waals surface area (Å²) in [6, 6.07) is 4.93. The molecule has 0 aliphatic carbocycles. The van der Waals surface area contributed by atoms with Crippen LogP contribution in [-0.4, -0.2) is 70.4 Å². The lowest BCUT2D eigenvalue weighted by Gasteiger charge is -2.35. The van der Waals surface area contributed by atoms with Crippen LogP contribution in [0.5, 0.6) is 0 Å². The smallest absolute Gasteiger partial charge is 0.320 e. The van der Waals surface area contributed by atoms with E-state index in [0.29, 0.717) is 49.3 Å². The van der Waals surface area contributed by atoms with E-state index in [-0.39, 0.29) is 23.8 Å². The number of urea groups is 1. The summed E-state index contributed by atoms with van der Waals surface area (Å²) in [5.74, 6) is 0.521. The third kappa shape index (κ3) is 5.80. The molecule has 4 heterocycles. The second-order valence-electron chi connectivity index (χ2n) is 8.39. The third-order valence-electron chi connectivity index (χ3n) is 5.79. The summed E-state index contributed by atoms with van der Waals surface area (Å²) in [5, 5.41) is 13.9. The highest BCUT2D eigenvalue weighted by Crippen LogP contribution is 2.37. The van der Waals surface area contributed by atoms with Crippen LogP contribution in [0.1, 0.15) is 31.7 Å². The van der Waals surface area contributed by atoms with Crippen LogP contribution in [0, 0.1) is 5.92 Å². The molecule has 0 aromatic carbocycles. The Kier molecular flexibility index (Phi) is 7.66. The van der Waals surface area contributed by atoms with Gasteiger partial charge in [-0.25, -0.2) is 9.78 Å². The minimum atomic E-state index is -0.360.